The monoisotopic (exact) mass is 292 g/mol. The number of benzene rings is 1. The van der Waals surface area contributed by atoms with E-state index in [2.05, 4.69) is 22.6 Å². The molecule has 1 aromatic carbocycles. The van der Waals surface area contributed by atoms with Gasteiger partial charge in [0.2, 0.25) is 0 Å². The van der Waals surface area contributed by atoms with Crippen molar-refractivity contribution in [3.63, 3.8) is 0 Å². The van der Waals surface area contributed by atoms with Crippen LogP contribution in [0.15, 0.2) is 24.3 Å². The smallest absolute Gasteiger partial charge is 0.0836 e. The van der Waals surface area contributed by atoms with E-state index in [1.165, 1.54) is 3.57 Å². The van der Waals surface area contributed by atoms with Crippen molar-refractivity contribution in [2.75, 3.05) is 0 Å². The van der Waals surface area contributed by atoms with Gasteiger partial charge in [-0.05, 0) is 47.2 Å². The molecular formula is C10H13IO2. The molecule has 0 saturated heterocycles. The minimum atomic E-state index is -0.667. The number of aliphatic hydroxyl groups excluding tert-OH is 2. The molecule has 0 amide bonds. The van der Waals surface area contributed by atoms with Crippen LogP contribution >= 0.6 is 22.6 Å². The second-order valence-corrected chi connectivity index (χ2v) is 4.38. The summed E-state index contributed by atoms with van der Waals surface area (Å²) in [4.78, 5) is 0. The van der Waals surface area contributed by atoms with Crippen molar-refractivity contribution in [3.05, 3.63) is 33.4 Å². The predicted molar refractivity (Wildman–Crippen MR) is 60.6 cm³/mol. The summed E-state index contributed by atoms with van der Waals surface area (Å²) in [6.45, 7) is 1.59. The molecule has 2 N–H and O–H groups in total. The third-order valence-corrected chi connectivity index (χ3v) is 2.63. The fourth-order valence-electron chi connectivity index (χ4n) is 1.03. The van der Waals surface area contributed by atoms with E-state index < -0.39 is 12.2 Å². The molecule has 0 fully saturated rings. The third-order valence-electron chi connectivity index (χ3n) is 1.91. The maximum absolute atomic E-state index is 9.40. The second kappa shape index (κ2) is 4.93. The van der Waals surface area contributed by atoms with Gasteiger partial charge >= 0.3 is 0 Å². The van der Waals surface area contributed by atoms with Crippen molar-refractivity contribution in [1.29, 1.82) is 0 Å². The van der Waals surface area contributed by atoms with Gasteiger partial charge in [-0.3, -0.25) is 0 Å². The zero-order valence-corrected chi connectivity index (χ0v) is 9.60. The largest absolute Gasteiger partial charge is 0.391 e. The lowest BCUT2D eigenvalue weighted by atomic mass is 10.1. The van der Waals surface area contributed by atoms with E-state index in [-0.39, 0.29) is 0 Å². The molecule has 0 heterocycles. The molecule has 0 aliphatic heterocycles. The molecule has 3 heteroatoms. The van der Waals surface area contributed by atoms with Gasteiger partial charge < -0.3 is 10.2 Å². The quantitative estimate of drug-likeness (QED) is 0.830. The first-order valence-corrected chi connectivity index (χ1v) is 5.28. The molecule has 1 aromatic rings. The van der Waals surface area contributed by atoms with E-state index in [0.717, 1.165) is 5.56 Å². The maximum atomic E-state index is 9.40. The first-order valence-electron chi connectivity index (χ1n) is 4.20. The van der Waals surface area contributed by atoms with E-state index in [4.69, 9.17) is 5.11 Å². The summed E-state index contributed by atoms with van der Waals surface area (Å²) in [7, 11) is 0. The molecule has 0 bridgehead atoms. The zero-order chi connectivity index (χ0) is 9.84. The van der Waals surface area contributed by atoms with Crippen LogP contribution in [-0.2, 0) is 6.42 Å². The molecule has 0 saturated carbocycles. The topological polar surface area (TPSA) is 40.5 Å². The van der Waals surface area contributed by atoms with Crippen LogP contribution in [0.2, 0.25) is 0 Å². The molecule has 0 spiro atoms. The van der Waals surface area contributed by atoms with Gasteiger partial charge in [0.1, 0.15) is 0 Å². The SMILES string of the molecule is CC(O)C(O)Cc1ccc(I)cc1. The van der Waals surface area contributed by atoms with Gasteiger partial charge in [-0.25, -0.2) is 0 Å². The van der Waals surface area contributed by atoms with Crippen molar-refractivity contribution in [2.45, 2.75) is 25.6 Å². The van der Waals surface area contributed by atoms with Crippen LogP contribution in [0.1, 0.15) is 12.5 Å². The van der Waals surface area contributed by atoms with Gasteiger partial charge in [-0.1, -0.05) is 12.1 Å². The first-order chi connectivity index (χ1) is 6.09. The van der Waals surface area contributed by atoms with Gasteiger partial charge in [-0.15, -0.1) is 0 Å². The van der Waals surface area contributed by atoms with Crippen LogP contribution in [0.25, 0.3) is 0 Å². The molecule has 72 valence electrons. The number of hydrogen-bond donors (Lipinski definition) is 2. The predicted octanol–water partition coefficient (Wildman–Crippen LogP) is 1.58. The van der Waals surface area contributed by atoms with Crippen molar-refractivity contribution in [2.24, 2.45) is 0 Å². The lowest BCUT2D eigenvalue weighted by Crippen LogP contribution is -2.24. The first kappa shape index (κ1) is 10.9. The van der Waals surface area contributed by atoms with Crippen molar-refractivity contribution < 1.29 is 10.2 Å². The highest BCUT2D eigenvalue weighted by Crippen LogP contribution is 2.09. The molecule has 0 aliphatic carbocycles. The average molecular weight is 292 g/mol. The van der Waals surface area contributed by atoms with E-state index in [1.807, 2.05) is 24.3 Å². The van der Waals surface area contributed by atoms with Crippen LogP contribution < -0.4 is 0 Å². The Labute approximate surface area is 91.7 Å². The van der Waals surface area contributed by atoms with Gasteiger partial charge in [0, 0.05) is 9.99 Å². The molecule has 0 aliphatic rings. The Bertz CT molecular complexity index is 256. The zero-order valence-electron chi connectivity index (χ0n) is 7.44. The van der Waals surface area contributed by atoms with Crippen LogP contribution in [0.4, 0.5) is 0 Å². The molecule has 0 radical (unpaired) electrons. The Morgan fingerprint density at radius 3 is 2.23 bits per heavy atom. The molecule has 2 atom stereocenters. The highest BCUT2D eigenvalue weighted by molar-refractivity contribution is 14.1. The Morgan fingerprint density at radius 1 is 1.23 bits per heavy atom. The summed E-state index contributed by atoms with van der Waals surface area (Å²) in [5, 5.41) is 18.5. The normalized spacial score (nSPS) is 15.4. The van der Waals surface area contributed by atoms with Crippen molar-refractivity contribution in [1.82, 2.24) is 0 Å². The highest BCUT2D eigenvalue weighted by atomic mass is 127. The van der Waals surface area contributed by atoms with Crippen molar-refractivity contribution in [3.8, 4) is 0 Å². The third kappa shape index (κ3) is 3.62. The van der Waals surface area contributed by atoms with E-state index in [0.29, 0.717) is 6.42 Å². The van der Waals surface area contributed by atoms with Crippen LogP contribution in [-0.4, -0.2) is 22.4 Å². The summed E-state index contributed by atoms with van der Waals surface area (Å²) >= 11 is 2.23. The van der Waals surface area contributed by atoms with E-state index >= 15 is 0 Å². The molecule has 13 heavy (non-hydrogen) atoms. The van der Waals surface area contributed by atoms with Gasteiger partial charge in [0.15, 0.2) is 0 Å². The van der Waals surface area contributed by atoms with E-state index in [9.17, 15) is 5.11 Å². The number of halogens is 1. The number of rotatable bonds is 3. The Balaban J connectivity index is 2.59. The Kier molecular flexibility index (Phi) is 4.15. The fourth-order valence-corrected chi connectivity index (χ4v) is 1.39. The van der Waals surface area contributed by atoms with Crippen LogP contribution in [0, 0.1) is 3.57 Å². The lowest BCUT2D eigenvalue weighted by Gasteiger charge is -2.13. The van der Waals surface area contributed by atoms with Crippen molar-refractivity contribution >= 4 is 22.6 Å². The maximum Gasteiger partial charge on any atom is 0.0836 e. The average Bonchev–Trinajstić information content (AvgIpc) is 2.08. The van der Waals surface area contributed by atoms with Gasteiger partial charge in [-0.2, -0.15) is 0 Å². The summed E-state index contributed by atoms with van der Waals surface area (Å²) in [6, 6.07) is 7.91. The fraction of sp³-hybridized carbons (Fsp3) is 0.400. The molecule has 2 unspecified atom stereocenters. The number of hydrogen-bond acceptors (Lipinski definition) is 2. The Morgan fingerprint density at radius 2 is 1.77 bits per heavy atom. The van der Waals surface area contributed by atoms with E-state index in [1.54, 1.807) is 6.92 Å². The standard InChI is InChI=1S/C10H13IO2/c1-7(12)10(13)6-8-2-4-9(11)5-3-8/h2-5,7,10,12-13H,6H2,1H3. The minimum absolute atomic E-state index is 0.509. The summed E-state index contributed by atoms with van der Waals surface area (Å²) in [6.07, 6.45) is -0.825. The summed E-state index contributed by atoms with van der Waals surface area (Å²) in [5.41, 5.74) is 1.05. The molecular weight excluding hydrogens is 279 g/mol. The molecule has 0 aromatic heterocycles. The summed E-state index contributed by atoms with van der Waals surface area (Å²) in [5.74, 6) is 0. The van der Waals surface area contributed by atoms with Crippen LogP contribution in [0.3, 0.4) is 0 Å². The van der Waals surface area contributed by atoms with Gasteiger partial charge in [0.05, 0.1) is 12.2 Å². The van der Waals surface area contributed by atoms with Crippen LogP contribution in [0.5, 0.6) is 0 Å². The molecule has 2 nitrogen and oxygen atoms in total. The minimum Gasteiger partial charge on any atom is -0.391 e. The Hall–Kier alpha value is -0.130. The van der Waals surface area contributed by atoms with Gasteiger partial charge in [0.25, 0.3) is 0 Å². The second-order valence-electron chi connectivity index (χ2n) is 3.14. The lowest BCUT2D eigenvalue weighted by molar-refractivity contribution is 0.0319. The highest BCUT2D eigenvalue weighted by Gasteiger charge is 2.10. The number of aliphatic hydroxyl groups is 2. The molecule has 1 rings (SSSR count). The summed E-state index contributed by atoms with van der Waals surface area (Å²) < 4.78 is 1.17.